The van der Waals surface area contributed by atoms with Crippen LogP contribution in [0.3, 0.4) is 0 Å². The molecule has 1 aromatic heterocycles. The minimum absolute atomic E-state index is 0.0347. The summed E-state index contributed by atoms with van der Waals surface area (Å²) in [4.78, 5) is 16.2. The summed E-state index contributed by atoms with van der Waals surface area (Å²) < 4.78 is 5.31. The minimum atomic E-state index is -0.103. The summed E-state index contributed by atoms with van der Waals surface area (Å²) in [6.07, 6.45) is 1.79. The Labute approximate surface area is 107 Å². The first-order chi connectivity index (χ1) is 8.70. The molecule has 0 saturated carbocycles. The summed E-state index contributed by atoms with van der Waals surface area (Å²) in [6, 6.07) is 4.03. The van der Waals surface area contributed by atoms with E-state index in [9.17, 15) is 4.79 Å². The van der Waals surface area contributed by atoms with E-state index in [4.69, 9.17) is 4.74 Å². The number of carbonyl (C=O) groups is 1. The second kappa shape index (κ2) is 5.93. The predicted molar refractivity (Wildman–Crippen MR) is 68.0 cm³/mol. The van der Waals surface area contributed by atoms with Gasteiger partial charge in [-0.3, -0.25) is 9.78 Å². The summed E-state index contributed by atoms with van der Waals surface area (Å²) in [5, 5.41) is 6.03. The van der Waals surface area contributed by atoms with Crippen LogP contribution in [0.4, 0.5) is 0 Å². The lowest BCUT2D eigenvalue weighted by Gasteiger charge is -2.16. The van der Waals surface area contributed by atoms with Gasteiger partial charge in [0.15, 0.2) is 0 Å². The zero-order valence-electron chi connectivity index (χ0n) is 10.8. The maximum absolute atomic E-state index is 12.0. The molecule has 98 valence electrons. The quantitative estimate of drug-likeness (QED) is 0.802. The zero-order chi connectivity index (χ0) is 13.0. The Morgan fingerprint density at radius 2 is 2.33 bits per heavy atom. The summed E-state index contributed by atoms with van der Waals surface area (Å²) in [6.45, 7) is 3.54. The fourth-order valence-electron chi connectivity index (χ4n) is 2.02. The number of carbonyl (C=O) groups excluding carboxylic acids is 1. The van der Waals surface area contributed by atoms with Crippen LogP contribution in [-0.2, 0) is 16.1 Å². The fourth-order valence-corrected chi connectivity index (χ4v) is 2.02. The zero-order valence-corrected chi connectivity index (χ0v) is 10.8. The molecule has 2 heterocycles. The average Bonchev–Trinajstić information content (AvgIpc) is 2.86. The highest BCUT2D eigenvalue weighted by Gasteiger charge is 2.32. The van der Waals surface area contributed by atoms with Crippen LogP contribution >= 0.6 is 0 Å². The molecule has 0 bridgehead atoms. The van der Waals surface area contributed by atoms with Gasteiger partial charge in [0, 0.05) is 24.5 Å². The summed E-state index contributed by atoms with van der Waals surface area (Å²) in [5.41, 5.74) is 1.98. The first-order valence-electron chi connectivity index (χ1n) is 6.15. The lowest BCUT2D eigenvalue weighted by atomic mass is 10.0. The fraction of sp³-hybridized carbons (Fsp3) is 0.538. The number of rotatable bonds is 4. The van der Waals surface area contributed by atoms with Gasteiger partial charge in [-0.1, -0.05) is 6.07 Å². The van der Waals surface area contributed by atoms with E-state index in [2.05, 4.69) is 15.6 Å². The van der Waals surface area contributed by atoms with Crippen LogP contribution in [-0.4, -0.2) is 37.2 Å². The van der Waals surface area contributed by atoms with Gasteiger partial charge in [-0.2, -0.15) is 0 Å². The van der Waals surface area contributed by atoms with Gasteiger partial charge in [0.25, 0.3) is 0 Å². The number of hydrogen-bond acceptors (Lipinski definition) is 4. The number of nitrogens with one attached hydrogen (secondary N) is 2. The number of aromatic nitrogens is 1. The van der Waals surface area contributed by atoms with E-state index in [0.29, 0.717) is 19.8 Å². The van der Waals surface area contributed by atoms with Crippen LogP contribution in [0.15, 0.2) is 18.3 Å². The van der Waals surface area contributed by atoms with E-state index < -0.39 is 0 Å². The van der Waals surface area contributed by atoms with Crippen LogP contribution in [0.5, 0.6) is 0 Å². The summed E-state index contributed by atoms with van der Waals surface area (Å²) in [5.74, 6) is -0.0687. The van der Waals surface area contributed by atoms with E-state index in [-0.39, 0.29) is 17.9 Å². The third-order valence-electron chi connectivity index (χ3n) is 3.23. The number of ether oxygens (including phenoxy) is 1. The second-order valence-electron chi connectivity index (χ2n) is 4.56. The lowest BCUT2D eigenvalue weighted by molar-refractivity contribution is -0.125. The van der Waals surface area contributed by atoms with Crippen molar-refractivity contribution >= 4 is 5.91 Å². The van der Waals surface area contributed by atoms with Crippen molar-refractivity contribution in [2.75, 3.05) is 20.3 Å². The van der Waals surface area contributed by atoms with E-state index in [1.54, 1.807) is 6.20 Å². The number of nitrogens with zero attached hydrogens (tertiary/aromatic N) is 1. The monoisotopic (exact) mass is 249 g/mol. The minimum Gasteiger partial charge on any atom is -0.379 e. The Morgan fingerprint density at radius 3 is 3.00 bits per heavy atom. The molecule has 0 aromatic carbocycles. The number of aryl methyl sites for hydroxylation is 1. The Kier molecular flexibility index (Phi) is 4.28. The Morgan fingerprint density at radius 1 is 1.50 bits per heavy atom. The van der Waals surface area contributed by atoms with Gasteiger partial charge in [-0.15, -0.1) is 0 Å². The molecule has 2 unspecified atom stereocenters. The van der Waals surface area contributed by atoms with Gasteiger partial charge in [-0.05, 0) is 25.6 Å². The maximum atomic E-state index is 12.0. The smallest absolute Gasteiger partial charge is 0.227 e. The first-order valence-corrected chi connectivity index (χ1v) is 6.15. The van der Waals surface area contributed by atoms with Crippen LogP contribution in [0, 0.1) is 12.8 Å². The van der Waals surface area contributed by atoms with Gasteiger partial charge >= 0.3 is 0 Å². The molecule has 0 radical (unpaired) electrons. The molecule has 2 N–H and O–H groups in total. The molecular weight excluding hydrogens is 230 g/mol. The van der Waals surface area contributed by atoms with Crippen LogP contribution in [0.1, 0.15) is 11.3 Å². The Hall–Kier alpha value is -1.46. The maximum Gasteiger partial charge on any atom is 0.227 e. The van der Waals surface area contributed by atoms with Crippen LogP contribution in [0.2, 0.25) is 0 Å². The molecule has 1 fully saturated rings. The van der Waals surface area contributed by atoms with Crippen molar-refractivity contribution in [3.8, 4) is 0 Å². The highest BCUT2D eigenvalue weighted by Crippen LogP contribution is 2.13. The first kappa shape index (κ1) is 13.0. The molecule has 1 amide bonds. The third kappa shape index (κ3) is 3.05. The molecule has 0 aliphatic carbocycles. The molecule has 18 heavy (non-hydrogen) atoms. The number of amides is 1. The van der Waals surface area contributed by atoms with Crippen molar-refractivity contribution in [3.05, 3.63) is 29.6 Å². The van der Waals surface area contributed by atoms with Gasteiger partial charge < -0.3 is 15.4 Å². The molecule has 2 atom stereocenters. The Balaban J connectivity index is 1.86. The highest BCUT2D eigenvalue weighted by atomic mass is 16.5. The van der Waals surface area contributed by atoms with Crippen LogP contribution in [0.25, 0.3) is 0 Å². The SMILES string of the molecule is CNC1COCC1C(=O)NCc1ccc(C)nc1. The molecule has 1 aliphatic rings. The van der Waals surface area contributed by atoms with Crippen molar-refractivity contribution < 1.29 is 9.53 Å². The number of likely N-dealkylation sites (N-methyl/N-ethyl adjacent to an activating group) is 1. The molecule has 0 spiro atoms. The van der Waals surface area contributed by atoms with Crippen molar-refractivity contribution in [1.29, 1.82) is 0 Å². The Bertz CT molecular complexity index is 405. The van der Waals surface area contributed by atoms with Crippen LogP contribution < -0.4 is 10.6 Å². The molecule has 1 aromatic rings. The number of hydrogen-bond donors (Lipinski definition) is 2. The van der Waals surface area contributed by atoms with Gasteiger partial charge in [0.05, 0.1) is 19.1 Å². The van der Waals surface area contributed by atoms with Gasteiger partial charge in [0.2, 0.25) is 5.91 Å². The molecule has 2 rings (SSSR count). The van der Waals surface area contributed by atoms with E-state index in [1.165, 1.54) is 0 Å². The summed E-state index contributed by atoms with van der Waals surface area (Å²) in [7, 11) is 1.85. The largest absolute Gasteiger partial charge is 0.379 e. The summed E-state index contributed by atoms with van der Waals surface area (Å²) >= 11 is 0. The lowest BCUT2D eigenvalue weighted by Crippen LogP contribution is -2.42. The second-order valence-corrected chi connectivity index (χ2v) is 4.56. The van der Waals surface area contributed by atoms with Crippen molar-refractivity contribution in [2.24, 2.45) is 5.92 Å². The molecular formula is C13H19N3O2. The molecule has 5 heteroatoms. The third-order valence-corrected chi connectivity index (χ3v) is 3.23. The highest BCUT2D eigenvalue weighted by molar-refractivity contribution is 5.79. The average molecular weight is 249 g/mol. The topological polar surface area (TPSA) is 63.2 Å². The van der Waals surface area contributed by atoms with E-state index in [1.807, 2.05) is 26.1 Å². The standard InChI is InChI=1S/C13H19N3O2/c1-9-3-4-10(5-15-9)6-16-13(17)11-7-18-8-12(11)14-2/h3-5,11-12,14H,6-8H2,1-2H3,(H,16,17). The molecule has 1 aliphatic heterocycles. The molecule has 1 saturated heterocycles. The van der Waals surface area contributed by atoms with E-state index >= 15 is 0 Å². The predicted octanol–water partition coefficient (Wildman–Crippen LogP) is 0.241. The van der Waals surface area contributed by atoms with Gasteiger partial charge in [0.1, 0.15) is 0 Å². The normalized spacial score (nSPS) is 23.0. The number of pyridine rings is 1. The van der Waals surface area contributed by atoms with Crippen molar-refractivity contribution in [1.82, 2.24) is 15.6 Å². The molecule has 5 nitrogen and oxygen atoms in total. The van der Waals surface area contributed by atoms with Gasteiger partial charge in [-0.25, -0.2) is 0 Å². The van der Waals surface area contributed by atoms with Crippen molar-refractivity contribution in [3.63, 3.8) is 0 Å². The van der Waals surface area contributed by atoms with Crippen molar-refractivity contribution in [2.45, 2.75) is 19.5 Å². The van der Waals surface area contributed by atoms with E-state index in [0.717, 1.165) is 11.3 Å².